The molecule has 5 nitrogen and oxygen atoms in total. The number of piperidine rings is 1. The van der Waals surface area contributed by atoms with Crippen LogP contribution < -0.4 is 0 Å². The van der Waals surface area contributed by atoms with Gasteiger partial charge in [-0.1, -0.05) is 18.6 Å². The number of hydrogen-bond donors (Lipinski definition) is 1. The van der Waals surface area contributed by atoms with Crippen LogP contribution in [0, 0.1) is 0 Å². The normalized spacial score (nSPS) is 19.2. The van der Waals surface area contributed by atoms with Gasteiger partial charge in [-0.15, -0.1) is 0 Å². The number of carboxylic acids is 1. The van der Waals surface area contributed by atoms with E-state index < -0.39 is 5.97 Å². The molecule has 0 bridgehead atoms. The molecule has 1 aliphatic heterocycles. The van der Waals surface area contributed by atoms with Crippen LogP contribution in [0.3, 0.4) is 0 Å². The van der Waals surface area contributed by atoms with E-state index in [-0.39, 0.29) is 0 Å². The van der Waals surface area contributed by atoms with E-state index in [2.05, 4.69) is 16.1 Å². The van der Waals surface area contributed by atoms with Crippen molar-refractivity contribution in [3.05, 3.63) is 53.3 Å². The Morgan fingerprint density at radius 1 is 1.27 bits per heavy atom. The average Bonchev–Trinajstić information content (AvgIpc) is 2.94. The van der Waals surface area contributed by atoms with Crippen LogP contribution in [0.25, 0.3) is 0 Å². The van der Waals surface area contributed by atoms with Crippen molar-refractivity contribution in [1.29, 1.82) is 0 Å². The van der Waals surface area contributed by atoms with Crippen molar-refractivity contribution >= 4 is 5.97 Å². The Kier molecular flexibility index (Phi) is 4.24. The molecule has 0 radical (unpaired) electrons. The topological polar surface area (TPSA) is 58.4 Å². The van der Waals surface area contributed by atoms with Gasteiger partial charge in [-0.05, 0) is 43.1 Å². The number of carbonyl (C=O) groups is 1. The van der Waals surface area contributed by atoms with E-state index in [1.807, 2.05) is 30.1 Å². The summed E-state index contributed by atoms with van der Waals surface area (Å²) in [5.41, 5.74) is 2.74. The van der Waals surface area contributed by atoms with Crippen LogP contribution in [0.4, 0.5) is 0 Å². The SMILES string of the molecule is Cn1nccc1C1CCCCN1Cc1ccc(C(=O)O)cc1. The van der Waals surface area contributed by atoms with Gasteiger partial charge in [0.2, 0.25) is 0 Å². The second kappa shape index (κ2) is 6.32. The maximum absolute atomic E-state index is 10.9. The number of benzene rings is 1. The molecule has 116 valence electrons. The van der Waals surface area contributed by atoms with Crippen LogP contribution in [-0.2, 0) is 13.6 Å². The van der Waals surface area contributed by atoms with Crippen LogP contribution >= 0.6 is 0 Å². The van der Waals surface area contributed by atoms with Gasteiger partial charge < -0.3 is 5.11 Å². The highest BCUT2D eigenvalue weighted by atomic mass is 16.4. The van der Waals surface area contributed by atoms with Crippen molar-refractivity contribution in [2.45, 2.75) is 31.8 Å². The summed E-state index contributed by atoms with van der Waals surface area (Å²) in [6, 6.07) is 9.68. The summed E-state index contributed by atoms with van der Waals surface area (Å²) >= 11 is 0. The Balaban J connectivity index is 1.77. The van der Waals surface area contributed by atoms with E-state index >= 15 is 0 Å². The van der Waals surface area contributed by atoms with Gasteiger partial charge in [0.15, 0.2) is 0 Å². The van der Waals surface area contributed by atoms with Gasteiger partial charge >= 0.3 is 5.97 Å². The van der Waals surface area contributed by atoms with Crippen molar-refractivity contribution in [3.63, 3.8) is 0 Å². The summed E-state index contributed by atoms with van der Waals surface area (Å²) in [7, 11) is 1.99. The van der Waals surface area contributed by atoms with Gasteiger partial charge in [0.1, 0.15) is 0 Å². The minimum atomic E-state index is -0.878. The predicted molar refractivity (Wildman–Crippen MR) is 83.6 cm³/mol. The molecule has 1 unspecified atom stereocenters. The van der Waals surface area contributed by atoms with E-state index in [9.17, 15) is 4.79 Å². The molecule has 1 fully saturated rings. The lowest BCUT2D eigenvalue weighted by atomic mass is 9.98. The zero-order valence-electron chi connectivity index (χ0n) is 12.8. The van der Waals surface area contributed by atoms with Crippen LogP contribution in [0.15, 0.2) is 36.5 Å². The van der Waals surface area contributed by atoms with Gasteiger partial charge in [0.25, 0.3) is 0 Å². The van der Waals surface area contributed by atoms with E-state index in [0.717, 1.165) is 25.1 Å². The molecule has 1 aromatic carbocycles. The minimum absolute atomic E-state index is 0.338. The highest BCUT2D eigenvalue weighted by Crippen LogP contribution is 2.31. The number of aryl methyl sites for hydroxylation is 1. The number of aromatic carboxylic acids is 1. The molecule has 22 heavy (non-hydrogen) atoms. The third kappa shape index (κ3) is 3.04. The van der Waals surface area contributed by atoms with Crippen molar-refractivity contribution in [3.8, 4) is 0 Å². The number of nitrogens with zero attached hydrogens (tertiary/aromatic N) is 3. The van der Waals surface area contributed by atoms with Gasteiger partial charge in [0.05, 0.1) is 17.3 Å². The van der Waals surface area contributed by atoms with Gasteiger partial charge in [0, 0.05) is 19.8 Å². The Labute approximate surface area is 130 Å². The van der Waals surface area contributed by atoms with Gasteiger partial charge in [-0.25, -0.2) is 4.79 Å². The molecule has 3 rings (SSSR count). The first-order chi connectivity index (χ1) is 10.6. The van der Waals surface area contributed by atoms with Crippen molar-refractivity contribution in [2.75, 3.05) is 6.54 Å². The molecule has 1 N–H and O–H groups in total. The maximum atomic E-state index is 10.9. The fourth-order valence-corrected chi connectivity index (χ4v) is 3.21. The number of likely N-dealkylation sites (tertiary alicyclic amines) is 1. The van der Waals surface area contributed by atoms with Crippen LogP contribution in [0.2, 0.25) is 0 Å². The number of rotatable bonds is 4. The van der Waals surface area contributed by atoms with E-state index in [0.29, 0.717) is 11.6 Å². The number of hydrogen-bond acceptors (Lipinski definition) is 3. The average molecular weight is 299 g/mol. The lowest BCUT2D eigenvalue weighted by Gasteiger charge is -2.35. The summed E-state index contributed by atoms with van der Waals surface area (Å²) in [4.78, 5) is 13.4. The quantitative estimate of drug-likeness (QED) is 0.943. The summed E-state index contributed by atoms with van der Waals surface area (Å²) in [6.45, 7) is 1.91. The third-order valence-electron chi connectivity index (χ3n) is 4.40. The molecule has 0 amide bonds. The number of aromatic nitrogens is 2. The second-order valence-corrected chi connectivity index (χ2v) is 5.86. The molecule has 1 aliphatic rings. The molecule has 2 aromatic rings. The lowest BCUT2D eigenvalue weighted by molar-refractivity contribution is 0.0697. The van der Waals surface area contributed by atoms with E-state index in [4.69, 9.17) is 5.11 Å². The summed E-state index contributed by atoms with van der Waals surface area (Å²) in [6.07, 6.45) is 5.45. The number of carboxylic acid groups (broad SMARTS) is 1. The first-order valence-electron chi connectivity index (χ1n) is 7.69. The maximum Gasteiger partial charge on any atom is 0.335 e. The minimum Gasteiger partial charge on any atom is -0.478 e. The van der Waals surface area contributed by atoms with Crippen molar-refractivity contribution in [2.24, 2.45) is 7.05 Å². The van der Waals surface area contributed by atoms with Crippen molar-refractivity contribution < 1.29 is 9.90 Å². The molecule has 0 saturated carbocycles. The molecule has 1 aromatic heterocycles. The Morgan fingerprint density at radius 3 is 2.68 bits per heavy atom. The molecular weight excluding hydrogens is 278 g/mol. The lowest BCUT2D eigenvalue weighted by Crippen LogP contribution is -2.34. The molecular formula is C17H21N3O2. The highest BCUT2D eigenvalue weighted by molar-refractivity contribution is 5.87. The first kappa shape index (κ1) is 14.8. The van der Waals surface area contributed by atoms with Gasteiger partial charge in [-0.3, -0.25) is 9.58 Å². The summed E-state index contributed by atoms with van der Waals surface area (Å²) < 4.78 is 1.95. The Morgan fingerprint density at radius 2 is 2.05 bits per heavy atom. The second-order valence-electron chi connectivity index (χ2n) is 5.86. The zero-order valence-corrected chi connectivity index (χ0v) is 12.8. The van der Waals surface area contributed by atoms with Crippen molar-refractivity contribution in [1.82, 2.24) is 14.7 Å². The molecule has 1 saturated heterocycles. The molecule has 1 atom stereocenters. The Bertz CT molecular complexity index is 648. The Hall–Kier alpha value is -2.14. The standard InChI is InChI=1S/C17H21N3O2/c1-19-15(9-10-18-19)16-4-2-3-11-20(16)12-13-5-7-14(8-6-13)17(21)22/h5-10,16H,2-4,11-12H2,1H3,(H,21,22). The highest BCUT2D eigenvalue weighted by Gasteiger charge is 2.26. The first-order valence-corrected chi connectivity index (χ1v) is 7.69. The smallest absolute Gasteiger partial charge is 0.335 e. The van der Waals surface area contributed by atoms with Crippen LogP contribution in [-0.4, -0.2) is 32.3 Å². The molecule has 5 heteroatoms. The van der Waals surface area contributed by atoms with E-state index in [1.165, 1.54) is 18.5 Å². The fraction of sp³-hybridized carbons (Fsp3) is 0.412. The summed E-state index contributed by atoms with van der Waals surface area (Å²) in [5.74, 6) is -0.878. The molecule has 0 spiro atoms. The zero-order chi connectivity index (χ0) is 15.5. The van der Waals surface area contributed by atoms with Crippen LogP contribution in [0.5, 0.6) is 0 Å². The fourth-order valence-electron chi connectivity index (χ4n) is 3.21. The molecule has 2 heterocycles. The van der Waals surface area contributed by atoms with E-state index in [1.54, 1.807) is 12.1 Å². The molecule has 0 aliphatic carbocycles. The predicted octanol–water partition coefficient (Wildman–Crippen LogP) is 2.85. The largest absolute Gasteiger partial charge is 0.478 e. The summed E-state index contributed by atoms with van der Waals surface area (Å²) in [5, 5.41) is 13.3. The monoisotopic (exact) mass is 299 g/mol. The van der Waals surface area contributed by atoms with Crippen LogP contribution in [0.1, 0.15) is 46.9 Å². The van der Waals surface area contributed by atoms with Gasteiger partial charge in [-0.2, -0.15) is 5.10 Å². The third-order valence-corrected chi connectivity index (χ3v) is 4.40.